The highest BCUT2D eigenvalue weighted by Gasteiger charge is 2.18. The average Bonchev–Trinajstić information content (AvgIpc) is 2.92. The number of carbonyl (C=O) groups excluding carboxylic acids is 1. The van der Waals surface area contributed by atoms with E-state index in [0.29, 0.717) is 37.9 Å². The van der Waals surface area contributed by atoms with Crippen molar-refractivity contribution in [2.24, 2.45) is 0 Å². The van der Waals surface area contributed by atoms with Gasteiger partial charge in [0.15, 0.2) is 11.5 Å². The van der Waals surface area contributed by atoms with E-state index in [1.807, 2.05) is 0 Å². The second-order valence-corrected chi connectivity index (χ2v) is 8.24. The molecule has 158 valence electrons. The van der Waals surface area contributed by atoms with Gasteiger partial charge in [-0.15, -0.1) is 0 Å². The molecular weight excluding hydrogens is 384 g/mol. The Morgan fingerprint density at radius 1 is 1.11 bits per heavy atom. The first-order chi connectivity index (χ1) is 13.5. The summed E-state index contributed by atoms with van der Waals surface area (Å²) in [5.74, 6) is 0.753. The highest BCUT2D eigenvalue weighted by atomic mass is 32.2. The number of hydrogen-bond acceptors (Lipinski definition) is 6. The fourth-order valence-corrected chi connectivity index (χ4v) is 3.58. The molecule has 8 nitrogen and oxygen atoms in total. The van der Waals surface area contributed by atoms with Crippen LogP contribution in [0.5, 0.6) is 11.5 Å². The molecule has 0 aliphatic carbocycles. The molecule has 0 spiro atoms. The van der Waals surface area contributed by atoms with E-state index in [1.165, 1.54) is 12.1 Å². The predicted octanol–water partition coefficient (Wildman–Crippen LogP) is 1.84. The van der Waals surface area contributed by atoms with Crippen LogP contribution in [-0.2, 0) is 19.6 Å². The maximum Gasteiger partial charge on any atom is 0.240 e. The van der Waals surface area contributed by atoms with Crippen LogP contribution in [0.2, 0.25) is 0 Å². The van der Waals surface area contributed by atoms with E-state index in [9.17, 15) is 13.2 Å². The van der Waals surface area contributed by atoms with Crippen LogP contribution in [0, 0.1) is 0 Å². The van der Waals surface area contributed by atoms with Gasteiger partial charge in [0.2, 0.25) is 15.9 Å². The van der Waals surface area contributed by atoms with Crippen molar-refractivity contribution in [1.82, 2.24) is 10.0 Å². The highest BCUT2D eigenvalue weighted by Crippen LogP contribution is 2.31. The third-order valence-electron chi connectivity index (χ3n) is 4.10. The van der Waals surface area contributed by atoms with E-state index in [0.717, 1.165) is 32.3 Å². The Hall–Kier alpha value is -1.84. The van der Waals surface area contributed by atoms with Crippen molar-refractivity contribution in [3.63, 3.8) is 0 Å². The lowest BCUT2D eigenvalue weighted by Crippen LogP contribution is -2.31. The van der Waals surface area contributed by atoms with Gasteiger partial charge in [0.1, 0.15) is 0 Å². The van der Waals surface area contributed by atoms with Gasteiger partial charge < -0.3 is 19.5 Å². The summed E-state index contributed by atoms with van der Waals surface area (Å²) in [6.45, 7) is 5.01. The number of nitrogens with one attached hydrogen (secondary N) is 2. The summed E-state index contributed by atoms with van der Waals surface area (Å²) in [7, 11) is -3.72. The first-order valence-electron chi connectivity index (χ1n) is 9.76. The molecule has 1 aliphatic heterocycles. The van der Waals surface area contributed by atoms with Gasteiger partial charge in [-0.05, 0) is 25.0 Å². The van der Waals surface area contributed by atoms with Crippen molar-refractivity contribution >= 4 is 15.9 Å². The van der Waals surface area contributed by atoms with E-state index in [-0.39, 0.29) is 23.8 Å². The minimum Gasteiger partial charge on any atom is -0.490 e. The number of carbonyl (C=O) groups is 1. The summed E-state index contributed by atoms with van der Waals surface area (Å²) in [4.78, 5) is 11.9. The normalized spacial score (nSPS) is 13.8. The van der Waals surface area contributed by atoms with Crippen molar-refractivity contribution < 1.29 is 27.4 Å². The molecule has 2 rings (SSSR count). The molecule has 0 saturated carbocycles. The Morgan fingerprint density at radius 3 is 2.64 bits per heavy atom. The molecule has 28 heavy (non-hydrogen) atoms. The lowest BCUT2D eigenvalue weighted by atomic mass is 10.3. The first-order valence-corrected chi connectivity index (χ1v) is 11.2. The average molecular weight is 415 g/mol. The van der Waals surface area contributed by atoms with Crippen LogP contribution in [-0.4, -0.2) is 53.8 Å². The Bertz CT molecular complexity index is 723. The van der Waals surface area contributed by atoms with Gasteiger partial charge in [-0.1, -0.05) is 13.3 Å². The summed E-state index contributed by atoms with van der Waals surface area (Å²) in [6, 6.07) is 4.50. The number of ether oxygens (including phenoxy) is 3. The Kier molecular flexibility index (Phi) is 9.52. The van der Waals surface area contributed by atoms with E-state index in [1.54, 1.807) is 6.07 Å². The minimum atomic E-state index is -3.72. The standard InChI is InChI=1S/C19H30N2O6S/c1-2-3-11-25-12-4-9-20-19(22)8-10-21-28(23,24)16-6-7-17-18(15-16)27-14-5-13-26-17/h6-7,15,21H,2-5,8-14H2,1H3,(H,20,22). The van der Waals surface area contributed by atoms with E-state index >= 15 is 0 Å². The van der Waals surface area contributed by atoms with E-state index in [2.05, 4.69) is 17.0 Å². The maximum absolute atomic E-state index is 12.4. The maximum atomic E-state index is 12.4. The van der Waals surface area contributed by atoms with Gasteiger partial charge >= 0.3 is 0 Å². The zero-order chi connectivity index (χ0) is 20.2. The number of benzene rings is 1. The van der Waals surface area contributed by atoms with Crippen molar-refractivity contribution in [1.29, 1.82) is 0 Å². The summed E-state index contributed by atoms with van der Waals surface area (Å²) in [6.07, 6.45) is 3.68. The Balaban J connectivity index is 1.70. The molecule has 0 unspecified atom stereocenters. The fourth-order valence-electron chi connectivity index (χ4n) is 2.53. The minimum absolute atomic E-state index is 0.0234. The number of amides is 1. The monoisotopic (exact) mass is 414 g/mol. The predicted molar refractivity (Wildman–Crippen MR) is 105 cm³/mol. The highest BCUT2D eigenvalue weighted by molar-refractivity contribution is 7.89. The molecule has 0 aromatic heterocycles. The van der Waals surface area contributed by atoms with Gasteiger partial charge in [0, 0.05) is 45.2 Å². The number of fused-ring (bicyclic) bond motifs is 1. The summed E-state index contributed by atoms with van der Waals surface area (Å²) in [5.41, 5.74) is 0. The Labute approximate surface area is 167 Å². The Morgan fingerprint density at radius 2 is 1.86 bits per heavy atom. The third kappa shape index (κ3) is 7.65. The molecule has 1 heterocycles. The molecule has 9 heteroatoms. The molecule has 1 aromatic rings. The van der Waals surface area contributed by atoms with Crippen molar-refractivity contribution in [3.8, 4) is 11.5 Å². The molecule has 0 saturated heterocycles. The number of rotatable bonds is 12. The molecule has 1 amide bonds. The first kappa shape index (κ1) is 22.4. The second-order valence-electron chi connectivity index (χ2n) is 6.48. The lowest BCUT2D eigenvalue weighted by Gasteiger charge is -2.11. The van der Waals surface area contributed by atoms with Crippen molar-refractivity contribution in [2.45, 2.75) is 43.9 Å². The van der Waals surface area contributed by atoms with Crippen LogP contribution in [0.4, 0.5) is 0 Å². The zero-order valence-corrected chi connectivity index (χ0v) is 17.2. The zero-order valence-electron chi connectivity index (χ0n) is 16.4. The summed E-state index contributed by atoms with van der Waals surface area (Å²) < 4.78 is 43.7. The van der Waals surface area contributed by atoms with Gasteiger partial charge in [-0.3, -0.25) is 4.79 Å². The van der Waals surface area contributed by atoms with Crippen LogP contribution in [0.15, 0.2) is 23.1 Å². The molecule has 0 radical (unpaired) electrons. The lowest BCUT2D eigenvalue weighted by molar-refractivity contribution is -0.120. The van der Waals surface area contributed by atoms with Gasteiger partial charge in [0.05, 0.1) is 18.1 Å². The molecule has 2 N–H and O–H groups in total. The number of hydrogen-bond donors (Lipinski definition) is 2. The fraction of sp³-hybridized carbons (Fsp3) is 0.632. The SMILES string of the molecule is CCCCOCCCNC(=O)CCNS(=O)(=O)c1ccc2c(c1)OCCCO2. The quantitative estimate of drug-likeness (QED) is 0.506. The number of sulfonamides is 1. The molecule has 0 fully saturated rings. The van der Waals surface area contributed by atoms with Crippen LogP contribution >= 0.6 is 0 Å². The van der Waals surface area contributed by atoms with Crippen LogP contribution in [0.25, 0.3) is 0 Å². The van der Waals surface area contributed by atoms with Gasteiger partial charge in [-0.25, -0.2) is 13.1 Å². The molecular formula is C19H30N2O6S. The van der Waals surface area contributed by atoms with Crippen LogP contribution in [0.3, 0.4) is 0 Å². The van der Waals surface area contributed by atoms with Crippen LogP contribution in [0.1, 0.15) is 39.0 Å². The van der Waals surface area contributed by atoms with Gasteiger partial charge in [-0.2, -0.15) is 0 Å². The molecule has 1 aromatic carbocycles. The van der Waals surface area contributed by atoms with Crippen LogP contribution < -0.4 is 19.5 Å². The summed E-state index contributed by atoms with van der Waals surface area (Å²) in [5, 5.41) is 2.76. The largest absolute Gasteiger partial charge is 0.490 e. The number of unbranched alkanes of at least 4 members (excludes halogenated alkanes) is 1. The molecule has 0 bridgehead atoms. The molecule has 1 aliphatic rings. The second kappa shape index (κ2) is 11.9. The molecule has 0 atom stereocenters. The summed E-state index contributed by atoms with van der Waals surface area (Å²) >= 11 is 0. The smallest absolute Gasteiger partial charge is 0.240 e. The van der Waals surface area contributed by atoms with Gasteiger partial charge in [0.25, 0.3) is 0 Å². The van der Waals surface area contributed by atoms with Crippen molar-refractivity contribution in [2.75, 3.05) is 39.5 Å². The van der Waals surface area contributed by atoms with E-state index < -0.39 is 10.0 Å². The van der Waals surface area contributed by atoms with E-state index in [4.69, 9.17) is 14.2 Å². The topological polar surface area (TPSA) is 103 Å². The third-order valence-corrected chi connectivity index (χ3v) is 5.56. The van der Waals surface area contributed by atoms with Crippen molar-refractivity contribution in [3.05, 3.63) is 18.2 Å².